The summed E-state index contributed by atoms with van der Waals surface area (Å²) in [6.07, 6.45) is 1.67. The van der Waals surface area contributed by atoms with Gasteiger partial charge in [-0.2, -0.15) is 0 Å². The molecule has 0 aromatic carbocycles. The third-order valence-electron chi connectivity index (χ3n) is 2.61. The summed E-state index contributed by atoms with van der Waals surface area (Å²) in [7, 11) is 0. The summed E-state index contributed by atoms with van der Waals surface area (Å²) < 4.78 is 5.35. The Kier molecular flexibility index (Phi) is 2.61. The molecule has 2 rings (SSSR count). The smallest absolute Gasteiger partial charge is 0.310 e. The first-order chi connectivity index (χ1) is 5.20. The molecule has 0 aromatic rings. The van der Waals surface area contributed by atoms with Crippen molar-refractivity contribution in [2.24, 2.45) is 11.7 Å². The summed E-state index contributed by atoms with van der Waals surface area (Å²) in [4.78, 5) is 10.6. The molecule has 2 heterocycles. The van der Waals surface area contributed by atoms with Gasteiger partial charge >= 0.3 is 5.97 Å². The third-order valence-corrected chi connectivity index (χ3v) is 2.61. The molecule has 0 aliphatic carbocycles. The highest BCUT2D eigenvalue weighted by Gasteiger charge is 2.50. The molecule has 5 heteroatoms. The van der Waals surface area contributed by atoms with Crippen LogP contribution in [-0.4, -0.2) is 29.3 Å². The molecular weight excluding hydrogens is 182 g/mol. The van der Waals surface area contributed by atoms with E-state index in [0.717, 1.165) is 12.8 Å². The molecule has 2 fully saturated rings. The molecule has 4 atom stereocenters. The zero-order valence-corrected chi connectivity index (χ0v) is 7.29. The summed E-state index contributed by atoms with van der Waals surface area (Å²) in [5, 5.41) is 8.75. The Balaban J connectivity index is 0.000000720. The first kappa shape index (κ1) is 9.77. The molecule has 2 aliphatic heterocycles. The third kappa shape index (κ3) is 1.20. The van der Waals surface area contributed by atoms with E-state index in [-0.39, 0.29) is 30.7 Å². The van der Waals surface area contributed by atoms with E-state index in [9.17, 15) is 4.79 Å². The van der Waals surface area contributed by atoms with Crippen LogP contribution in [0, 0.1) is 5.92 Å². The molecule has 0 radical (unpaired) electrons. The molecule has 0 amide bonds. The van der Waals surface area contributed by atoms with E-state index in [4.69, 9.17) is 15.6 Å². The Morgan fingerprint density at radius 1 is 1.42 bits per heavy atom. The number of ether oxygens (including phenoxy) is 1. The zero-order valence-electron chi connectivity index (χ0n) is 6.47. The maximum absolute atomic E-state index is 10.6. The monoisotopic (exact) mass is 193 g/mol. The van der Waals surface area contributed by atoms with E-state index >= 15 is 0 Å². The van der Waals surface area contributed by atoms with E-state index in [1.165, 1.54) is 0 Å². The molecule has 4 nitrogen and oxygen atoms in total. The average Bonchev–Trinajstić information content (AvgIpc) is 2.44. The van der Waals surface area contributed by atoms with Crippen LogP contribution < -0.4 is 5.73 Å². The van der Waals surface area contributed by atoms with Crippen LogP contribution in [0.4, 0.5) is 0 Å². The number of aliphatic carboxylic acids is 1. The fourth-order valence-corrected chi connectivity index (χ4v) is 2.04. The van der Waals surface area contributed by atoms with E-state index in [1.54, 1.807) is 0 Å². The van der Waals surface area contributed by atoms with Crippen molar-refractivity contribution in [3.63, 3.8) is 0 Å². The minimum absolute atomic E-state index is 0. The molecular formula is C7H12ClNO3. The average molecular weight is 194 g/mol. The lowest BCUT2D eigenvalue weighted by atomic mass is 9.85. The van der Waals surface area contributed by atoms with Gasteiger partial charge in [-0.25, -0.2) is 0 Å². The van der Waals surface area contributed by atoms with Crippen LogP contribution in [0.3, 0.4) is 0 Å². The minimum atomic E-state index is -0.815. The lowest BCUT2D eigenvalue weighted by Crippen LogP contribution is -2.43. The largest absolute Gasteiger partial charge is 0.481 e. The van der Waals surface area contributed by atoms with Crippen molar-refractivity contribution in [2.75, 3.05) is 0 Å². The van der Waals surface area contributed by atoms with Gasteiger partial charge in [-0.1, -0.05) is 0 Å². The van der Waals surface area contributed by atoms with Crippen molar-refractivity contribution in [3.8, 4) is 0 Å². The number of nitrogens with two attached hydrogens (primary N) is 1. The fraction of sp³-hybridized carbons (Fsp3) is 0.857. The summed E-state index contributed by atoms with van der Waals surface area (Å²) >= 11 is 0. The summed E-state index contributed by atoms with van der Waals surface area (Å²) in [6.45, 7) is 0. The maximum Gasteiger partial charge on any atom is 0.310 e. The molecule has 2 saturated heterocycles. The fourth-order valence-electron chi connectivity index (χ4n) is 2.04. The first-order valence-electron chi connectivity index (χ1n) is 3.84. The van der Waals surface area contributed by atoms with Crippen molar-refractivity contribution in [2.45, 2.75) is 31.1 Å². The SMILES string of the molecule is Cl.N[C@@H]1[C@H](C(=O)O)[C@H]2CC[C@@H]1O2. The number of carboxylic acids is 1. The number of fused-ring (bicyclic) bond motifs is 2. The van der Waals surface area contributed by atoms with E-state index in [0.29, 0.717) is 0 Å². The quantitative estimate of drug-likeness (QED) is 0.615. The molecule has 2 aliphatic rings. The second-order valence-electron chi connectivity index (χ2n) is 3.23. The topological polar surface area (TPSA) is 72.6 Å². The molecule has 70 valence electrons. The van der Waals surface area contributed by atoms with Crippen LogP contribution >= 0.6 is 12.4 Å². The van der Waals surface area contributed by atoms with Gasteiger partial charge < -0.3 is 15.6 Å². The Hall–Kier alpha value is -0.320. The van der Waals surface area contributed by atoms with E-state index in [1.807, 2.05) is 0 Å². The van der Waals surface area contributed by atoms with Gasteiger partial charge in [0.2, 0.25) is 0 Å². The lowest BCUT2D eigenvalue weighted by Gasteiger charge is -2.20. The Labute approximate surface area is 76.5 Å². The van der Waals surface area contributed by atoms with Crippen LogP contribution in [0.5, 0.6) is 0 Å². The predicted molar refractivity (Wildman–Crippen MR) is 44.2 cm³/mol. The maximum atomic E-state index is 10.6. The van der Waals surface area contributed by atoms with Crippen LogP contribution in [0.2, 0.25) is 0 Å². The molecule has 0 aromatic heterocycles. The van der Waals surface area contributed by atoms with Crippen molar-refractivity contribution in [1.82, 2.24) is 0 Å². The highest BCUT2D eigenvalue weighted by atomic mass is 35.5. The molecule has 0 saturated carbocycles. The molecule has 0 spiro atoms. The molecule has 3 N–H and O–H groups in total. The van der Waals surface area contributed by atoms with Gasteiger partial charge in [0.05, 0.1) is 12.2 Å². The lowest BCUT2D eigenvalue weighted by molar-refractivity contribution is -0.143. The van der Waals surface area contributed by atoms with Crippen molar-refractivity contribution in [1.29, 1.82) is 0 Å². The van der Waals surface area contributed by atoms with Gasteiger partial charge in [-0.05, 0) is 12.8 Å². The predicted octanol–water partition coefficient (Wildman–Crippen LogP) is -0.00250. The van der Waals surface area contributed by atoms with Crippen LogP contribution in [0.25, 0.3) is 0 Å². The number of hydrogen-bond donors (Lipinski definition) is 2. The van der Waals surface area contributed by atoms with Crippen LogP contribution in [-0.2, 0) is 9.53 Å². The Morgan fingerprint density at radius 2 is 2.00 bits per heavy atom. The Bertz CT molecular complexity index is 197. The zero-order chi connectivity index (χ0) is 8.01. The highest BCUT2D eigenvalue weighted by Crippen LogP contribution is 2.37. The number of carbonyl (C=O) groups is 1. The van der Waals surface area contributed by atoms with Gasteiger partial charge in [0.15, 0.2) is 0 Å². The van der Waals surface area contributed by atoms with Gasteiger partial charge in [-0.15, -0.1) is 12.4 Å². The summed E-state index contributed by atoms with van der Waals surface area (Å²) in [5.41, 5.74) is 5.66. The number of halogens is 1. The standard InChI is InChI=1S/C7H11NO3.ClH/c8-6-4-2-1-3(11-4)5(6)7(9)10;/h3-6H,1-2,8H2,(H,9,10);1H/t3-,4+,5-,6+;/m1./s1. The minimum Gasteiger partial charge on any atom is -0.481 e. The highest BCUT2D eigenvalue weighted by molar-refractivity contribution is 5.85. The van der Waals surface area contributed by atoms with Crippen LogP contribution in [0.15, 0.2) is 0 Å². The van der Waals surface area contributed by atoms with Gasteiger partial charge in [0.1, 0.15) is 5.92 Å². The summed E-state index contributed by atoms with van der Waals surface area (Å²) in [5.74, 6) is -1.28. The van der Waals surface area contributed by atoms with Crippen molar-refractivity contribution in [3.05, 3.63) is 0 Å². The van der Waals surface area contributed by atoms with E-state index < -0.39 is 11.9 Å². The normalized spacial score (nSPS) is 44.1. The van der Waals surface area contributed by atoms with E-state index in [2.05, 4.69) is 0 Å². The molecule has 2 bridgehead atoms. The van der Waals surface area contributed by atoms with Crippen LogP contribution in [0.1, 0.15) is 12.8 Å². The molecule has 0 unspecified atom stereocenters. The summed E-state index contributed by atoms with van der Waals surface area (Å²) in [6, 6.07) is -0.286. The Morgan fingerprint density at radius 3 is 2.33 bits per heavy atom. The molecule has 12 heavy (non-hydrogen) atoms. The van der Waals surface area contributed by atoms with Gasteiger partial charge in [-0.3, -0.25) is 4.79 Å². The second kappa shape index (κ2) is 3.20. The second-order valence-corrected chi connectivity index (χ2v) is 3.23. The first-order valence-corrected chi connectivity index (χ1v) is 3.84. The van der Waals surface area contributed by atoms with Crippen molar-refractivity contribution >= 4 is 18.4 Å². The van der Waals surface area contributed by atoms with Gasteiger partial charge in [0.25, 0.3) is 0 Å². The number of hydrogen-bond acceptors (Lipinski definition) is 3. The number of carboxylic acid groups (broad SMARTS) is 1. The van der Waals surface area contributed by atoms with Crippen molar-refractivity contribution < 1.29 is 14.6 Å². The van der Waals surface area contributed by atoms with Gasteiger partial charge in [0, 0.05) is 6.04 Å². The number of rotatable bonds is 1.